The van der Waals surface area contributed by atoms with Crippen LogP contribution in [0.15, 0.2) is 5.16 Å². The van der Waals surface area contributed by atoms with Gasteiger partial charge < -0.3 is 11.1 Å². The lowest BCUT2D eigenvalue weighted by Crippen LogP contribution is -2.41. The van der Waals surface area contributed by atoms with Gasteiger partial charge in [-0.2, -0.15) is 0 Å². The Balaban J connectivity index is 1.80. The fourth-order valence-corrected chi connectivity index (χ4v) is 5.10. The molecule has 24 heavy (non-hydrogen) atoms. The summed E-state index contributed by atoms with van der Waals surface area (Å²) in [6.07, 6.45) is 3.36. The molecule has 3 rings (SSSR count). The summed E-state index contributed by atoms with van der Waals surface area (Å²) < 4.78 is 0. The van der Waals surface area contributed by atoms with Crippen LogP contribution in [-0.4, -0.2) is 27.2 Å². The Morgan fingerprint density at radius 1 is 1.42 bits per heavy atom. The summed E-state index contributed by atoms with van der Waals surface area (Å²) in [5, 5.41) is 4.55. The first-order valence-electron chi connectivity index (χ1n) is 8.24. The highest BCUT2D eigenvalue weighted by Gasteiger charge is 2.23. The molecule has 7 heteroatoms. The predicted octanol–water partition coefficient (Wildman–Crippen LogP) is 3.41. The molecule has 2 aromatic rings. The number of aryl methyl sites for hydroxylation is 1. The Bertz CT molecular complexity index is 779. The molecule has 0 saturated carbocycles. The van der Waals surface area contributed by atoms with Crippen molar-refractivity contribution in [2.75, 3.05) is 11.5 Å². The van der Waals surface area contributed by atoms with Crippen LogP contribution in [0.1, 0.15) is 44.6 Å². The average Bonchev–Trinajstić information content (AvgIpc) is 2.80. The Morgan fingerprint density at radius 2 is 2.17 bits per heavy atom. The molecular formula is C17H24N4OS2. The van der Waals surface area contributed by atoms with E-state index in [0.29, 0.717) is 16.7 Å². The summed E-state index contributed by atoms with van der Waals surface area (Å²) in [7, 11) is 0. The molecule has 0 aliphatic heterocycles. The van der Waals surface area contributed by atoms with Crippen LogP contribution in [0, 0.1) is 5.92 Å². The molecule has 0 spiro atoms. The Morgan fingerprint density at radius 3 is 2.88 bits per heavy atom. The molecule has 5 nitrogen and oxygen atoms in total. The van der Waals surface area contributed by atoms with Gasteiger partial charge in [0.1, 0.15) is 10.6 Å². The molecule has 1 atom stereocenters. The minimum absolute atomic E-state index is 0.0194. The van der Waals surface area contributed by atoms with E-state index in [4.69, 9.17) is 5.73 Å². The molecule has 0 aromatic carbocycles. The Hall–Kier alpha value is -1.34. The second kappa shape index (κ2) is 6.52. The number of nitrogen functional groups attached to an aromatic ring is 1. The molecule has 1 unspecified atom stereocenters. The van der Waals surface area contributed by atoms with Crippen LogP contribution >= 0.6 is 23.1 Å². The number of rotatable bonds is 3. The predicted molar refractivity (Wildman–Crippen MR) is 102 cm³/mol. The van der Waals surface area contributed by atoms with E-state index in [1.165, 1.54) is 28.6 Å². The van der Waals surface area contributed by atoms with Crippen LogP contribution in [-0.2, 0) is 17.6 Å². The maximum Gasteiger partial charge on any atom is 0.230 e. The molecule has 0 fully saturated rings. The molecule has 1 aliphatic carbocycles. The van der Waals surface area contributed by atoms with Gasteiger partial charge in [0.25, 0.3) is 0 Å². The lowest BCUT2D eigenvalue weighted by atomic mass is 9.89. The van der Waals surface area contributed by atoms with Gasteiger partial charge in [0.2, 0.25) is 5.91 Å². The number of amides is 1. The summed E-state index contributed by atoms with van der Waals surface area (Å²) in [5.41, 5.74) is 7.32. The number of carbonyl (C=O) groups is 1. The number of carbonyl (C=O) groups excluding carboxylic acids is 1. The third-order valence-electron chi connectivity index (χ3n) is 4.01. The number of hydrogen-bond donors (Lipinski definition) is 2. The topological polar surface area (TPSA) is 80.9 Å². The number of nitrogens with one attached hydrogen (secondary N) is 1. The van der Waals surface area contributed by atoms with E-state index in [2.05, 4.69) is 22.2 Å². The monoisotopic (exact) mass is 364 g/mol. The Labute approximate surface area is 150 Å². The maximum absolute atomic E-state index is 12.0. The lowest BCUT2D eigenvalue weighted by Gasteiger charge is -2.20. The highest BCUT2D eigenvalue weighted by atomic mass is 32.2. The quantitative estimate of drug-likeness (QED) is 0.644. The van der Waals surface area contributed by atoms with Crippen LogP contribution in [0.25, 0.3) is 10.2 Å². The van der Waals surface area contributed by atoms with E-state index >= 15 is 0 Å². The van der Waals surface area contributed by atoms with Gasteiger partial charge in [0.15, 0.2) is 5.16 Å². The summed E-state index contributed by atoms with van der Waals surface area (Å²) in [5.74, 6) is 1.54. The number of hydrogen-bond acceptors (Lipinski definition) is 6. The molecule has 130 valence electrons. The van der Waals surface area contributed by atoms with E-state index in [-0.39, 0.29) is 11.4 Å². The van der Waals surface area contributed by atoms with E-state index in [1.54, 1.807) is 11.3 Å². The zero-order valence-corrected chi connectivity index (χ0v) is 16.2. The zero-order chi connectivity index (χ0) is 17.5. The second-order valence-corrected chi connectivity index (χ2v) is 9.54. The SMILES string of the molecule is CC1CCc2c(sc3nc(SCC(=O)NC(C)(C)C)nc(N)c23)C1. The van der Waals surface area contributed by atoms with Crippen molar-refractivity contribution in [3.05, 3.63) is 10.4 Å². The van der Waals surface area contributed by atoms with Crippen molar-refractivity contribution in [3.63, 3.8) is 0 Å². The van der Waals surface area contributed by atoms with Gasteiger partial charge in [0, 0.05) is 10.4 Å². The number of fused-ring (bicyclic) bond motifs is 3. The van der Waals surface area contributed by atoms with Crippen molar-refractivity contribution >= 4 is 45.0 Å². The molecule has 0 saturated heterocycles. The minimum atomic E-state index is -0.231. The molecule has 1 amide bonds. The van der Waals surface area contributed by atoms with Crippen molar-refractivity contribution in [2.45, 2.75) is 57.7 Å². The van der Waals surface area contributed by atoms with Gasteiger partial charge in [-0.25, -0.2) is 9.97 Å². The highest BCUT2D eigenvalue weighted by molar-refractivity contribution is 7.99. The number of nitrogens with zero attached hydrogens (tertiary/aromatic N) is 2. The van der Waals surface area contributed by atoms with Crippen LogP contribution < -0.4 is 11.1 Å². The minimum Gasteiger partial charge on any atom is -0.383 e. The number of aromatic nitrogens is 2. The molecule has 1 aliphatic rings. The first kappa shape index (κ1) is 17.5. The van der Waals surface area contributed by atoms with Gasteiger partial charge in [-0.1, -0.05) is 18.7 Å². The van der Waals surface area contributed by atoms with Gasteiger partial charge in [0.05, 0.1) is 11.1 Å². The average molecular weight is 365 g/mol. The van der Waals surface area contributed by atoms with Crippen LogP contribution in [0.3, 0.4) is 0 Å². The number of thioether (sulfide) groups is 1. The number of anilines is 1. The van der Waals surface area contributed by atoms with Crippen molar-refractivity contribution in [1.29, 1.82) is 0 Å². The third kappa shape index (κ3) is 3.83. The van der Waals surface area contributed by atoms with E-state index < -0.39 is 0 Å². The van der Waals surface area contributed by atoms with E-state index in [0.717, 1.165) is 29.0 Å². The molecule has 0 radical (unpaired) electrons. The molecule has 0 bridgehead atoms. The Kier molecular flexibility index (Phi) is 4.75. The second-order valence-electron chi connectivity index (χ2n) is 7.51. The van der Waals surface area contributed by atoms with Gasteiger partial charge >= 0.3 is 0 Å². The first-order valence-corrected chi connectivity index (χ1v) is 10.0. The zero-order valence-electron chi connectivity index (χ0n) is 14.6. The highest BCUT2D eigenvalue weighted by Crippen LogP contribution is 2.39. The third-order valence-corrected chi connectivity index (χ3v) is 6.00. The van der Waals surface area contributed by atoms with Gasteiger partial charge in [-0.15, -0.1) is 11.3 Å². The fraction of sp³-hybridized carbons (Fsp3) is 0.588. The normalized spacial score (nSPS) is 17.8. The summed E-state index contributed by atoms with van der Waals surface area (Å²) in [6.45, 7) is 8.19. The molecule has 3 N–H and O–H groups in total. The number of thiophene rings is 1. The standard InChI is InChI=1S/C17H24N4OS2/c1-9-5-6-10-11(7-9)24-15-13(10)14(18)19-16(20-15)23-8-12(22)21-17(2,3)4/h9H,5-8H2,1-4H3,(H,21,22)(H2,18,19,20). The fourth-order valence-electron chi connectivity index (χ4n) is 3.00. The van der Waals surface area contributed by atoms with Crippen molar-refractivity contribution in [1.82, 2.24) is 15.3 Å². The molecule has 2 heterocycles. The smallest absolute Gasteiger partial charge is 0.230 e. The first-order chi connectivity index (χ1) is 11.2. The lowest BCUT2D eigenvalue weighted by molar-refractivity contribution is -0.119. The van der Waals surface area contributed by atoms with Gasteiger partial charge in [-0.3, -0.25) is 4.79 Å². The van der Waals surface area contributed by atoms with E-state index in [9.17, 15) is 4.79 Å². The van der Waals surface area contributed by atoms with Crippen molar-refractivity contribution < 1.29 is 4.79 Å². The van der Waals surface area contributed by atoms with Crippen LogP contribution in [0.2, 0.25) is 0 Å². The van der Waals surface area contributed by atoms with Crippen LogP contribution in [0.5, 0.6) is 0 Å². The van der Waals surface area contributed by atoms with Crippen molar-refractivity contribution in [3.8, 4) is 0 Å². The largest absolute Gasteiger partial charge is 0.383 e. The van der Waals surface area contributed by atoms with Crippen molar-refractivity contribution in [2.24, 2.45) is 5.92 Å². The van der Waals surface area contributed by atoms with Gasteiger partial charge in [-0.05, 0) is 51.5 Å². The summed E-state index contributed by atoms with van der Waals surface area (Å²) in [4.78, 5) is 23.4. The number of nitrogens with two attached hydrogens (primary N) is 1. The van der Waals surface area contributed by atoms with E-state index in [1.807, 2.05) is 20.8 Å². The summed E-state index contributed by atoms with van der Waals surface area (Å²) >= 11 is 3.07. The molecule has 2 aromatic heterocycles. The maximum atomic E-state index is 12.0. The summed E-state index contributed by atoms with van der Waals surface area (Å²) in [6, 6.07) is 0. The van der Waals surface area contributed by atoms with Crippen LogP contribution in [0.4, 0.5) is 5.82 Å². The molecular weight excluding hydrogens is 340 g/mol.